The second-order valence-electron chi connectivity index (χ2n) is 6.67. The molecule has 0 radical (unpaired) electrons. The molecule has 0 heterocycles. The maximum atomic E-state index is 5.59. The van der Waals surface area contributed by atoms with Crippen molar-refractivity contribution in [1.29, 1.82) is 0 Å². The lowest BCUT2D eigenvalue weighted by Gasteiger charge is -2.09. The summed E-state index contributed by atoms with van der Waals surface area (Å²) in [4.78, 5) is 0. The molecule has 0 aliphatic carbocycles. The lowest BCUT2D eigenvalue weighted by molar-refractivity contribution is -0.0141. The van der Waals surface area contributed by atoms with E-state index in [4.69, 9.17) is 33.2 Å². The first-order valence-corrected chi connectivity index (χ1v) is 12.5. The van der Waals surface area contributed by atoms with E-state index in [-0.39, 0.29) is 0 Å². The zero-order valence-electron chi connectivity index (χ0n) is 18.7. The molecule has 0 bridgehead atoms. The number of halogens is 2. The van der Waals surface area contributed by atoms with Crippen LogP contribution in [-0.2, 0) is 23.7 Å². The van der Waals surface area contributed by atoms with Crippen molar-refractivity contribution < 1.29 is 33.2 Å². The van der Waals surface area contributed by atoms with Crippen molar-refractivity contribution in [3.05, 3.63) is 57.5 Å². The summed E-state index contributed by atoms with van der Waals surface area (Å²) in [6.45, 7) is 6.26. The molecule has 0 aromatic heterocycles. The monoisotopic (exact) mass is 590 g/mol. The van der Waals surface area contributed by atoms with Gasteiger partial charge in [-0.3, -0.25) is 0 Å². The molecule has 33 heavy (non-hydrogen) atoms. The van der Waals surface area contributed by atoms with E-state index in [2.05, 4.69) is 31.9 Å². The minimum absolute atomic E-state index is 0.504. The van der Waals surface area contributed by atoms with Crippen LogP contribution in [0.4, 0.5) is 0 Å². The third kappa shape index (κ3) is 15.3. The summed E-state index contributed by atoms with van der Waals surface area (Å²) in [6.07, 6.45) is 0. The highest BCUT2D eigenvalue weighted by Crippen LogP contribution is 2.18. The number of hydrogen-bond donors (Lipinski definition) is 0. The molecule has 184 valence electrons. The van der Waals surface area contributed by atoms with Crippen molar-refractivity contribution in [1.82, 2.24) is 0 Å². The summed E-state index contributed by atoms with van der Waals surface area (Å²) in [5.41, 5.74) is 0. The smallest absolute Gasteiger partial charge is 0.120 e. The molecule has 7 nitrogen and oxygen atoms in total. The molecule has 0 saturated heterocycles. The Labute approximate surface area is 212 Å². The molecule has 2 aromatic rings. The third-order valence-electron chi connectivity index (χ3n) is 4.07. The first-order chi connectivity index (χ1) is 16.2. The second kappa shape index (κ2) is 19.1. The number of hydrogen-bond acceptors (Lipinski definition) is 7. The Balaban J connectivity index is 1.24. The highest BCUT2D eigenvalue weighted by atomic mass is 79.9. The summed E-state index contributed by atoms with van der Waals surface area (Å²) in [5.74, 6) is 1.64. The van der Waals surface area contributed by atoms with Gasteiger partial charge in [0.1, 0.15) is 24.7 Å². The van der Waals surface area contributed by atoms with Crippen molar-refractivity contribution in [2.24, 2.45) is 0 Å². The molecular formula is C24H32Br2O7. The lowest BCUT2D eigenvalue weighted by atomic mass is 10.3. The Hall–Kier alpha value is -1.20. The van der Waals surface area contributed by atoms with Gasteiger partial charge in [-0.25, -0.2) is 0 Å². The standard InChI is InChI=1S/C24H32Br2O7/c25-21-3-1-5-23(19-21)32-17-15-30-13-11-28-9-7-27-8-10-29-12-14-31-16-18-33-24-6-2-4-22(26)20-24/h1-6,19-20H,7-18H2. The van der Waals surface area contributed by atoms with Gasteiger partial charge in [0.05, 0.1) is 66.1 Å². The van der Waals surface area contributed by atoms with E-state index in [9.17, 15) is 0 Å². The molecular weight excluding hydrogens is 560 g/mol. The fraction of sp³-hybridized carbons (Fsp3) is 0.500. The van der Waals surface area contributed by atoms with Crippen LogP contribution >= 0.6 is 31.9 Å². The largest absolute Gasteiger partial charge is 0.491 e. The van der Waals surface area contributed by atoms with Crippen molar-refractivity contribution in [3.8, 4) is 11.5 Å². The van der Waals surface area contributed by atoms with E-state index in [1.54, 1.807) is 0 Å². The van der Waals surface area contributed by atoms with E-state index in [1.165, 1.54) is 0 Å². The van der Waals surface area contributed by atoms with Crippen molar-refractivity contribution in [2.75, 3.05) is 79.3 Å². The summed E-state index contributed by atoms with van der Waals surface area (Å²) in [6, 6.07) is 15.4. The topological polar surface area (TPSA) is 64.6 Å². The molecule has 0 unspecified atom stereocenters. The highest BCUT2D eigenvalue weighted by Gasteiger charge is 1.97. The van der Waals surface area contributed by atoms with Crippen LogP contribution in [0.2, 0.25) is 0 Å². The molecule has 0 fully saturated rings. The van der Waals surface area contributed by atoms with Gasteiger partial charge in [-0.1, -0.05) is 44.0 Å². The van der Waals surface area contributed by atoms with Crippen LogP contribution in [0.5, 0.6) is 11.5 Å². The Morgan fingerprint density at radius 1 is 0.424 bits per heavy atom. The Morgan fingerprint density at radius 3 is 1.03 bits per heavy atom. The van der Waals surface area contributed by atoms with Gasteiger partial charge < -0.3 is 33.2 Å². The summed E-state index contributed by atoms with van der Waals surface area (Å²) in [7, 11) is 0. The fourth-order valence-corrected chi connectivity index (χ4v) is 3.29. The normalized spacial score (nSPS) is 11.0. The van der Waals surface area contributed by atoms with Crippen molar-refractivity contribution in [2.45, 2.75) is 0 Å². The van der Waals surface area contributed by atoms with Gasteiger partial charge in [0.15, 0.2) is 0 Å². The van der Waals surface area contributed by atoms with Crippen LogP contribution in [0.25, 0.3) is 0 Å². The number of benzene rings is 2. The molecule has 2 aromatic carbocycles. The van der Waals surface area contributed by atoms with E-state index in [1.807, 2.05) is 48.5 Å². The summed E-state index contributed by atoms with van der Waals surface area (Å²) < 4.78 is 40.5. The second-order valence-corrected chi connectivity index (χ2v) is 8.50. The van der Waals surface area contributed by atoms with E-state index in [0.29, 0.717) is 79.3 Å². The molecule has 0 aliphatic heterocycles. The SMILES string of the molecule is Brc1cccc(OCCOCCOCCOCCOCCOCCOc2cccc(Br)c2)c1. The fourth-order valence-electron chi connectivity index (χ4n) is 2.53. The third-order valence-corrected chi connectivity index (χ3v) is 5.06. The molecule has 0 atom stereocenters. The van der Waals surface area contributed by atoms with Gasteiger partial charge in [-0.2, -0.15) is 0 Å². The molecule has 0 aliphatic rings. The maximum Gasteiger partial charge on any atom is 0.120 e. The van der Waals surface area contributed by atoms with E-state index < -0.39 is 0 Å². The quantitative estimate of drug-likeness (QED) is 0.206. The highest BCUT2D eigenvalue weighted by molar-refractivity contribution is 9.10. The number of ether oxygens (including phenoxy) is 7. The van der Waals surface area contributed by atoms with Crippen molar-refractivity contribution in [3.63, 3.8) is 0 Å². The summed E-state index contributed by atoms with van der Waals surface area (Å²) in [5, 5.41) is 0. The van der Waals surface area contributed by atoms with Crippen LogP contribution in [-0.4, -0.2) is 79.3 Å². The minimum Gasteiger partial charge on any atom is -0.491 e. The first-order valence-electron chi connectivity index (χ1n) is 10.9. The van der Waals surface area contributed by atoms with Gasteiger partial charge in [0, 0.05) is 8.95 Å². The van der Waals surface area contributed by atoms with Crippen LogP contribution in [0.3, 0.4) is 0 Å². The van der Waals surface area contributed by atoms with Gasteiger partial charge in [-0.15, -0.1) is 0 Å². The van der Waals surface area contributed by atoms with E-state index in [0.717, 1.165) is 20.4 Å². The van der Waals surface area contributed by atoms with Gasteiger partial charge in [-0.05, 0) is 36.4 Å². The Bertz CT molecular complexity index is 687. The lowest BCUT2D eigenvalue weighted by Crippen LogP contribution is -2.15. The Kier molecular flexibility index (Phi) is 16.3. The van der Waals surface area contributed by atoms with Gasteiger partial charge in [0.2, 0.25) is 0 Å². The van der Waals surface area contributed by atoms with Gasteiger partial charge >= 0.3 is 0 Å². The average Bonchev–Trinajstić information content (AvgIpc) is 2.80. The van der Waals surface area contributed by atoms with Crippen molar-refractivity contribution >= 4 is 31.9 Å². The van der Waals surface area contributed by atoms with Crippen LogP contribution in [0, 0.1) is 0 Å². The number of rotatable bonds is 20. The molecule has 0 saturated carbocycles. The van der Waals surface area contributed by atoms with Crippen LogP contribution in [0.15, 0.2) is 57.5 Å². The average molecular weight is 592 g/mol. The predicted octanol–water partition coefficient (Wildman–Crippen LogP) is 4.75. The maximum absolute atomic E-state index is 5.59. The molecule has 0 amide bonds. The Morgan fingerprint density at radius 2 is 0.727 bits per heavy atom. The molecule has 9 heteroatoms. The predicted molar refractivity (Wildman–Crippen MR) is 133 cm³/mol. The van der Waals surface area contributed by atoms with Gasteiger partial charge in [0.25, 0.3) is 0 Å². The molecule has 0 N–H and O–H groups in total. The first kappa shape index (κ1) is 28.0. The van der Waals surface area contributed by atoms with Crippen LogP contribution < -0.4 is 9.47 Å². The minimum atomic E-state index is 0.504. The van der Waals surface area contributed by atoms with Crippen LogP contribution in [0.1, 0.15) is 0 Å². The zero-order valence-corrected chi connectivity index (χ0v) is 21.9. The molecule has 0 spiro atoms. The molecule has 2 rings (SSSR count). The summed E-state index contributed by atoms with van der Waals surface area (Å²) >= 11 is 6.82. The van der Waals surface area contributed by atoms with E-state index >= 15 is 0 Å². The zero-order chi connectivity index (χ0) is 23.4.